The van der Waals surface area contributed by atoms with Crippen molar-refractivity contribution in [3.05, 3.63) is 18.9 Å². The number of rotatable bonds is 0. The van der Waals surface area contributed by atoms with E-state index in [1.54, 1.807) is 12.5 Å². The normalized spacial score (nSPS) is 9.00. The van der Waals surface area contributed by atoms with Crippen molar-refractivity contribution >= 4 is 19.4 Å². The van der Waals surface area contributed by atoms with E-state index >= 15 is 0 Å². The Morgan fingerprint density at radius 3 is 2.91 bits per heavy atom. The number of aromatic amines is 1. The second-order valence-corrected chi connectivity index (χ2v) is 1.66. The van der Waals surface area contributed by atoms with Crippen molar-refractivity contribution in [2.75, 3.05) is 0 Å². The zero-order chi connectivity index (χ0) is 8.10. The van der Waals surface area contributed by atoms with Gasteiger partial charge in [-0.15, -0.1) is 0 Å². The van der Waals surface area contributed by atoms with Gasteiger partial charge in [0.05, 0.1) is 12.5 Å². The minimum atomic E-state index is 0.500. The van der Waals surface area contributed by atoms with Gasteiger partial charge in [-0.3, -0.25) is 0 Å². The number of aromatic nitrogens is 4. The van der Waals surface area contributed by atoms with E-state index in [0.717, 1.165) is 5.52 Å². The van der Waals surface area contributed by atoms with Gasteiger partial charge in [-0.25, -0.2) is 15.0 Å². The summed E-state index contributed by atoms with van der Waals surface area (Å²) < 4.78 is 0. The maximum Gasteiger partial charge on any atom is 0.180 e. The fourth-order valence-corrected chi connectivity index (χ4v) is 0.691. The van der Waals surface area contributed by atoms with Gasteiger partial charge in [0.2, 0.25) is 0 Å². The first-order chi connectivity index (χ1) is 5.47. The van der Waals surface area contributed by atoms with Crippen LogP contribution in [-0.2, 0) is 24.9 Å². The molecule has 2 aromatic heterocycles. The van der Waals surface area contributed by atoms with Crippen molar-refractivity contribution < 1.29 is 24.9 Å². The van der Waals surface area contributed by atoms with Crippen LogP contribution in [0.15, 0.2) is 18.9 Å². The van der Waals surface area contributed by atoms with Crippen LogP contribution in [0.3, 0.4) is 0 Å². The number of imidazole rings is 1. The molecule has 0 aliphatic carbocycles. The van der Waals surface area contributed by atoms with Crippen LogP contribution < -0.4 is 0 Å². The van der Waals surface area contributed by atoms with E-state index in [1.807, 2.05) is 0 Å². The summed E-state index contributed by atoms with van der Waals surface area (Å²) in [5, 5.41) is 0. The van der Waals surface area contributed by atoms with Gasteiger partial charge in [-0.05, 0) is 0 Å². The average Bonchev–Trinajstić information content (AvgIpc) is 2.55. The van der Waals surface area contributed by atoms with Gasteiger partial charge in [-0.1, -0.05) is 0 Å². The molecule has 53 valence electrons. The molecule has 0 bridgehead atoms. The van der Waals surface area contributed by atoms with Crippen LogP contribution in [0.25, 0.3) is 11.2 Å². The van der Waals surface area contributed by atoms with Crippen molar-refractivity contribution in [2.45, 2.75) is 0 Å². The summed E-state index contributed by atoms with van der Waals surface area (Å²) in [6, 6.07) is 0. The van der Waals surface area contributed by atoms with E-state index < -0.39 is 0 Å². The molecule has 11 heavy (non-hydrogen) atoms. The maximum atomic E-state index is 4.83. The van der Waals surface area contributed by atoms with Crippen LogP contribution in [0.1, 0.15) is 0 Å². The summed E-state index contributed by atoms with van der Waals surface area (Å²) >= 11 is 0.500. The van der Waals surface area contributed by atoms with Crippen molar-refractivity contribution in [2.24, 2.45) is 0 Å². The Balaban J connectivity index is 0.000000281. The summed E-state index contributed by atoms with van der Waals surface area (Å²) in [6.07, 6.45) is 4.76. The summed E-state index contributed by atoms with van der Waals surface area (Å²) in [5.41, 5.74) is 1.59. The van der Waals surface area contributed by atoms with Gasteiger partial charge in [-0.2, -0.15) is 0 Å². The largest absolute Gasteiger partial charge is 0.342 e. The topological polar surface area (TPSA) is 54.5 Å². The van der Waals surface area contributed by atoms with Crippen molar-refractivity contribution in [3.8, 4) is 0 Å². The van der Waals surface area contributed by atoms with E-state index in [9.17, 15) is 0 Å². The second-order valence-electron chi connectivity index (χ2n) is 1.66. The van der Waals surface area contributed by atoms with Crippen LogP contribution in [0.4, 0.5) is 0 Å². The molecular weight excluding hydrogens is 352 g/mol. The van der Waals surface area contributed by atoms with E-state index in [2.05, 4.69) is 19.9 Å². The molecule has 0 spiro atoms. The van der Waals surface area contributed by atoms with Gasteiger partial charge in [0.1, 0.15) is 11.8 Å². The Bertz CT molecular complexity index is 292. The Hall–Kier alpha value is -0.225. The smallest absolute Gasteiger partial charge is 0.180 e. The van der Waals surface area contributed by atoms with Gasteiger partial charge in [0, 0.05) is 0 Å². The third-order valence-electron chi connectivity index (χ3n) is 1.10. The molecule has 2 rings (SSSR count). The number of nitrogens with zero attached hydrogens (tertiary/aromatic N) is 3. The van der Waals surface area contributed by atoms with E-state index in [-0.39, 0.29) is 0 Å². The fraction of sp³-hybridized carbons (Fsp3) is 0. The standard InChI is InChI=1S/C5H4N4.ClH.Hg/c1-4-5(8-2-6-1)9-3-7-4;;/h1-3H,(H,6,7,8,9);1H;/q;;+1/p-1. The van der Waals surface area contributed by atoms with Crippen LogP contribution in [0.2, 0.25) is 0 Å². The van der Waals surface area contributed by atoms with Crippen molar-refractivity contribution in [3.63, 3.8) is 0 Å². The molecule has 0 fully saturated rings. The zero-order valence-electron chi connectivity index (χ0n) is 5.66. The molecule has 0 aliphatic rings. The Labute approximate surface area is 82.8 Å². The van der Waals surface area contributed by atoms with Gasteiger partial charge >= 0.3 is 33.1 Å². The first kappa shape index (κ1) is 8.87. The Morgan fingerprint density at radius 1 is 1.36 bits per heavy atom. The number of H-pyrrole nitrogens is 1. The molecule has 0 radical (unpaired) electrons. The number of hydrogen-bond donors (Lipinski definition) is 1. The summed E-state index contributed by atoms with van der Waals surface area (Å²) in [4.78, 5) is 14.5. The van der Waals surface area contributed by atoms with E-state index in [0.29, 0.717) is 30.5 Å². The second kappa shape index (κ2) is 4.61. The predicted molar refractivity (Wildman–Crippen MR) is 37.5 cm³/mol. The molecule has 2 aromatic rings. The molecule has 2 heterocycles. The van der Waals surface area contributed by atoms with Crippen LogP contribution in [-0.4, -0.2) is 19.9 Å². The van der Waals surface area contributed by atoms with Crippen LogP contribution in [0, 0.1) is 0 Å². The minimum Gasteiger partial charge on any atom is -0.342 e. The molecule has 0 saturated heterocycles. The van der Waals surface area contributed by atoms with E-state index in [4.69, 9.17) is 8.25 Å². The Morgan fingerprint density at radius 2 is 2.18 bits per heavy atom. The van der Waals surface area contributed by atoms with Crippen LogP contribution in [0.5, 0.6) is 0 Å². The average molecular weight is 356 g/mol. The first-order valence-corrected chi connectivity index (χ1v) is 9.59. The molecule has 4 nitrogen and oxygen atoms in total. The molecular formula is C5H4ClHgN4. The summed E-state index contributed by atoms with van der Waals surface area (Å²) in [7, 11) is 4.83. The predicted octanol–water partition coefficient (Wildman–Crippen LogP) is 1.04. The fourth-order valence-electron chi connectivity index (χ4n) is 0.691. The molecule has 0 unspecified atom stereocenters. The summed E-state index contributed by atoms with van der Waals surface area (Å²) in [5.74, 6) is 0. The Kier molecular flexibility index (Phi) is 3.72. The molecule has 0 amide bonds. The molecule has 0 aromatic carbocycles. The number of nitrogens with one attached hydrogen (secondary N) is 1. The third kappa shape index (κ3) is 2.10. The minimum absolute atomic E-state index is 0.500. The van der Waals surface area contributed by atoms with Gasteiger partial charge in [0.15, 0.2) is 5.65 Å². The summed E-state index contributed by atoms with van der Waals surface area (Å²) in [6.45, 7) is 0. The number of fused-ring (bicyclic) bond motifs is 1. The first-order valence-electron chi connectivity index (χ1n) is 2.82. The van der Waals surface area contributed by atoms with Crippen molar-refractivity contribution in [1.82, 2.24) is 19.9 Å². The van der Waals surface area contributed by atoms with Crippen LogP contribution >= 0.6 is 8.25 Å². The molecule has 6 heteroatoms. The maximum absolute atomic E-state index is 4.83. The molecule has 0 saturated carbocycles. The quantitative estimate of drug-likeness (QED) is 0.718. The monoisotopic (exact) mass is 357 g/mol. The van der Waals surface area contributed by atoms with Gasteiger partial charge in [0.25, 0.3) is 0 Å². The van der Waals surface area contributed by atoms with Crippen molar-refractivity contribution in [1.29, 1.82) is 0 Å². The van der Waals surface area contributed by atoms with E-state index in [1.165, 1.54) is 6.33 Å². The molecule has 1 N–H and O–H groups in total. The van der Waals surface area contributed by atoms with Gasteiger partial charge < -0.3 is 4.98 Å². The molecule has 0 aliphatic heterocycles. The molecule has 0 atom stereocenters. The third-order valence-corrected chi connectivity index (χ3v) is 1.10. The number of hydrogen-bond acceptors (Lipinski definition) is 3. The zero-order valence-corrected chi connectivity index (χ0v) is 11.9. The number of halogens is 1. The SMILES string of the molecule is [Cl][Hg].c1ncc2[nH]cnc2n1.